The summed E-state index contributed by atoms with van der Waals surface area (Å²) in [5, 5.41) is 4.95. The number of nitrogens with zero attached hydrogens (tertiary/aromatic N) is 4. The molecule has 212 valence electrons. The molecule has 0 aliphatic rings. The van der Waals surface area contributed by atoms with Gasteiger partial charge in [0.05, 0.1) is 16.7 Å². The minimum Gasteiger partial charge on any atom is -0.295 e. The van der Waals surface area contributed by atoms with Gasteiger partial charge in [0.2, 0.25) is 0 Å². The monoisotopic (exact) mass is 594 g/mol. The Morgan fingerprint density at radius 1 is 0.533 bits per heavy atom. The summed E-state index contributed by atoms with van der Waals surface area (Å²) in [6, 6.07) is 53.3. The molecule has 5 aromatic carbocycles. The van der Waals surface area contributed by atoms with Crippen LogP contribution in [0.1, 0.15) is 0 Å². The van der Waals surface area contributed by atoms with E-state index in [2.05, 4.69) is 149 Å². The smallest absolute Gasteiger partial charge is 0.138 e. The Balaban J connectivity index is 1.26. The molecule has 0 N–H and O–H groups in total. The van der Waals surface area contributed by atoms with Crippen molar-refractivity contribution >= 4 is 70.5 Å². The van der Waals surface area contributed by atoms with Crippen molar-refractivity contribution in [2.45, 2.75) is 0 Å². The quantitative estimate of drug-likeness (QED) is 0.199. The maximum atomic E-state index is 5.33. The Morgan fingerprint density at radius 3 is 2.18 bits per heavy atom. The molecule has 4 nitrogen and oxygen atoms in total. The molecule has 0 saturated carbocycles. The van der Waals surface area contributed by atoms with Crippen molar-refractivity contribution in [3.05, 3.63) is 158 Å². The van der Waals surface area contributed by atoms with Crippen LogP contribution in [0.3, 0.4) is 0 Å². The number of aromatic nitrogens is 3. The molecule has 4 heterocycles. The van der Waals surface area contributed by atoms with Crippen LogP contribution in [0, 0.1) is 0 Å². The fraction of sp³-hybridized carbons (Fsp3) is 0. The Labute approximate surface area is 264 Å². The minimum atomic E-state index is 0.858. The van der Waals surface area contributed by atoms with Crippen molar-refractivity contribution < 1.29 is 0 Å². The number of fused-ring (bicyclic) bond motifs is 6. The third-order valence-corrected chi connectivity index (χ3v) is 9.67. The number of hydrogen-bond acceptors (Lipinski definition) is 4. The maximum absolute atomic E-state index is 5.33. The highest BCUT2D eigenvalue weighted by atomic mass is 32.1. The number of thiophene rings is 1. The molecule has 5 heteroatoms. The number of benzene rings is 5. The molecule has 0 aliphatic heterocycles. The third kappa shape index (κ3) is 4.20. The molecule has 9 rings (SSSR count). The largest absolute Gasteiger partial charge is 0.295 e. The van der Waals surface area contributed by atoms with E-state index in [1.54, 1.807) is 0 Å². The van der Waals surface area contributed by atoms with Gasteiger partial charge in [0.15, 0.2) is 0 Å². The SMILES string of the molecule is c1ccc(N(c2ccc3c4ccccc4n(-c4ccccn4)c3c2)c2cccc(-c3cccc4c3sc3ccccc34)n2)cc1. The Morgan fingerprint density at radius 2 is 1.29 bits per heavy atom. The zero-order valence-electron chi connectivity index (χ0n) is 24.2. The molecule has 4 aromatic heterocycles. The van der Waals surface area contributed by atoms with Crippen molar-refractivity contribution in [1.29, 1.82) is 0 Å². The number of anilines is 3. The van der Waals surface area contributed by atoms with Gasteiger partial charge in [0, 0.05) is 54.1 Å². The average Bonchev–Trinajstić information content (AvgIpc) is 3.65. The van der Waals surface area contributed by atoms with E-state index in [4.69, 9.17) is 9.97 Å². The molecule has 0 fully saturated rings. The first kappa shape index (κ1) is 25.7. The van der Waals surface area contributed by atoms with Crippen LogP contribution in [0.5, 0.6) is 0 Å². The summed E-state index contributed by atoms with van der Waals surface area (Å²) in [4.78, 5) is 12.3. The lowest BCUT2D eigenvalue weighted by Gasteiger charge is -2.25. The molecule has 0 atom stereocenters. The van der Waals surface area contributed by atoms with Gasteiger partial charge in [0.1, 0.15) is 11.6 Å². The van der Waals surface area contributed by atoms with Crippen molar-refractivity contribution in [3.8, 4) is 17.1 Å². The van der Waals surface area contributed by atoms with Gasteiger partial charge >= 0.3 is 0 Å². The Kier molecular flexibility index (Phi) is 5.96. The zero-order valence-corrected chi connectivity index (χ0v) is 25.0. The molecule has 9 aromatic rings. The first-order valence-corrected chi connectivity index (χ1v) is 15.8. The summed E-state index contributed by atoms with van der Waals surface area (Å²) in [6.07, 6.45) is 1.85. The molecule has 0 unspecified atom stereocenters. The normalized spacial score (nSPS) is 11.6. The van der Waals surface area contributed by atoms with E-state index >= 15 is 0 Å². The lowest BCUT2D eigenvalue weighted by molar-refractivity contribution is 1.08. The van der Waals surface area contributed by atoms with E-state index in [0.717, 1.165) is 45.3 Å². The fourth-order valence-corrected chi connectivity index (χ4v) is 7.69. The lowest BCUT2D eigenvalue weighted by Crippen LogP contribution is -2.12. The van der Waals surface area contributed by atoms with Gasteiger partial charge in [-0.15, -0.1) is 11.3 Å². The molecule has 0 saturated heterocycles. The van der Waals surface area contributed by atoms with Gasteiger partial charge in [-0.3, -0.25) is 9.47 Å². The highest BCUT2D eigenvalue weighted by Crippen LogP contribution is 2.42. The second kappa shape index (κ2) is 10.4. The van der Waals surface area contributed by atoms with Crippen molar-refractivity contribution in [2.75, 3.05) is 4.90 Å². The van der Waals surface area contributed by atoms with Gasteiger partial charge in [-0.1, -0.05) is 91.0 Å². The van der Waals surface area contributed by atoms with Crippen LogP contribution in [0.25, 0.3) is 59.1 Å². The van der Waals surface area contributed by atoms with E-state index < -0.39 is 0 Å². The second-order valence-electron chi connectivity index (χ2n) is 11.1. The minimum absolute atomic E-state index is 0.858. The van der Waals surface area contributed by atoms with Gasteiger partial charge in [0.25, 0.3) is 0 Å². The van der Waals surface area contributed by atoms with E-state index in [1.807, 2.05) is 29.7 Å². The number of rotatable bonds is 5. The molecule has 0 radical (unpaired) electrons. The molecule has 0 amide bonds. The fourth-order valence-electron chi connectivity index (χ4n) is 6.47. The predicted octanol–water partition coefficient (Wildman–Crippen LogP) is 11.1. The number of para-hydroxylation sites is 2. The van der Waals surface area contributed by atoms with Crippen molar-refractivity contribution in [3.63, 3.8) is 0 Å². The first-order valence-electron chi connectivity index (χ1n) is 15.0. The number of pyridine rings is 2. The Bertz CT molecular complexity index is 2500. The van der Waals surface area contributed by atoms with Crippen LogP contribution in [0.4, 0.5) is 17.2 Å². The van der Waals surface area contributed by atoms with E-state index in [-0.39, 0.29) is 0 Å². The van der Waals surface area contributed by atoms with E-state index in [9.17, 15) is 0 Å². The topological polar surface area (TPSA) is 34.0 Å². The van der Waals surface area contributed by atoms with Crippen LogP contribution in [0.15, 0.2) is 158 Å². The van der Waals surface area contributed by atoms with Gasteiger partial charge in [-0.25, -0.2) is 9.97 Å². The van der Waals surface area contributed by atoms with Crippen LogP contribution in [0.2, 0.25) is 0 Å². The van der Waals surface area contributed by atoms with Crippen LogP contribution < -0.4 is 4.90 Å². The molecular weight excluding hydrogens is 569 g/mol. The Hall–Kier alpha value is -5.78. The van der Waals surface area contributed by atoms with Crippen LogP contribution in [-0.4, -0.2) is 14.5 Å². The van der Waals surface area contributed by atoms with Crippen molar-refractivity contribution in [1.82, 2.24) is 14.5 Å². The summed E-state index contributed by atoms with van der Waals surface area (Å²) in [7, 11) is 0. The van der Waals surface area contributed by atoms with E-state index in [1.165, 1.54) is 30.9 Å². The highest BCUT2D eigenvalue weighted by Gasteiger charge is 2.19. The standard InChI is InChI=1S/C40H26N4S/c1-2-12-27(13-3-1)43(28-23-24-30-29-14-4-6-19-35(29)44(36(30)26-28)38-21-8-9-25-41-38)39-22-11-18-34(42-39)33-17-10-16-32-31-15-5-7-20-37(31)45-40(32)33/h1-26H. The highest BCUT2D eigenvalue weighted by molar-refractivity contribution is 7.26. The number of hydrogen-bond donors (Lipinski definition) is 0. The lowest BCUT2D eigenvalue weighted by atomic mass is 10.1. The second-order valence-corrected chi connectivity index (χ2v) is 12.1. The van der Waals surface area contributed by atoms with Gasteiger partial charge < -0.3 is 0 Å². The van der Waals surface area contributed by atoms with Crippen LogP contribution in [-0.2, 0) is 0 Å². The molecular formula is C40H26N4S. The molecule has 0 spiro atoms. The summed E-state index contributed by atoms with van der Waals surface area (Å²) in [6.45, 7) is 0. The molecule has 0 aliphatic carbocycles. The van der Waals surface area contributed by atoms with E-state index in [0.29, 0.717) is 0 Å². The van der Waals surface area contributed by atoms with Gasteiger partial charge in [-0.05, 0) is 60.7 Å². The summed E-state index contributed by atoms with van der Waals surface area (Å²) in [5.41, 5.74) is 6.40. The maximum Gasteiger partial charge on any atom is 0.138 e. The average molecular weight is 595 g/mol. The first-order chi connectivity index (χ1) is 22.3. The van der Waals surface area contributed by atoms with Gasteiger partial charge in [-0.2, -0.15) is 0 Å². The molecule has 0 bridgehead atoms. The summed E-state index contributed by atoms with van der Waals surface area (Å²) < 4.78 is 4.80. The summed E-state index contributed by atoms with van der Waals surface area (Å²) >= 11 is 1.83. The molecule has 45 heavy (non-hydrogen) atoms. The predicted molar refractivity (Wildman–Crippen MR) is 189 cm³/mol. The summed E-state index contributed by atoms with van der Waals surface area (Å²) in [5.74, 6) is 1.75. The third-order valence-electron chi connectivity index (χ3n) is 8.45. The zero-order chi connectivity index (χ0) is 29.7. The van der Waals surface area contributed by atoms with Crippen molar-refractivity contribution in [2.24, 2.45) is 0 Å². The van der Waals surface area contributed by atoms with Crippen LogP contribution >= 0.6 is 11.3 Å².